The molecule has 0 unspecified atom stereocenters. The molecule has 0 radical (unpaired) electrons. The van der Waals surface area contributed by atoms with Crippen LogP contribution in [0.2, 0.25) is 0 Å². The van der Waals surface area contributed by atoms with Crippen LogP contribution in [0, 0.1) is 40.9 Å². The maximum atomic E-state index is 11.0. The second-order valence-corrected chi connectivity index (χ2v) is 9.18. The molecule has 0 aromatic heterocycles. The monoisotopic (exact) mass is 346 g/mol. The zero-order valence-corrected chi connectivity index (χ0v) is 15.0. The summed E-state index contributed by atoms with van der Waals surface area (Å²) in [4.78, 5) is 0. The smallest absolute Gasteiger partial charge is 0.133 e. The molecule has 3 fully saturated rings. The zero-order valence-electron chi connectivity index (χ0n) is 15.0. The molecule has 4 aliphatic carbocycles. The third kappa shape index (κ3) is 2.10. The van der Waals surface area contributed by atoms with Gasteiger partial charge in [0.25, 0.3) is 0 Å². The fraction of sp³-hybridized carbons (Fsp3) is 0.810. The van der Waals surface area contributed by atoms with Gasteiger partial charge < -0.3 is 20.4 Å². The van der Waals surface area contributed by atoms with E-state index in [9.17, 15) is 20.4 Å². The van der Waals surface area contributed by atoms with Crippen LogP contribution in [0.1, 0.15) is 51.9 Å². The Morgan fingerprint density at radius 2 is 1.88 bits per heavy atom. The van der Waals surface area contributed by atoms with Crippen molar-refractivity contribution in [2.45, 2.75) is 69.7 Å². The summed E-state index contributed by atoms with van der Waals surface area (Å²) in [6, 6.07) is 0. The number of hydrogen-bond donors (Lipinski definition) is 4. The average Bonchev–Trinajstić information content (AvgIpc) is 2.91. The molecule has 0 bridgehead atoms. The topological polar surface area (TPSA) is 80.9 Å². The van der Waals surface area contributed by atoms with E-state index in [4.69, 9.17) is 6.42 Å². The van der Waals surface area contributed by atoms with Gasteiger partial charge in [-0.15, -0.1) is 6.42 Å². The minimum absolute atomic E-state index is 0.00158. The Morgan fingerprint density at radius 3 is 2.56 bits per heavy atom. The molecule has 138 valence electrons. The molecule has 0 heterocycles. The lowest BCUT2D eigenvalue weighted by Crippen LogP contribution is -2.59. The summed E-state index contributed by atoms with van der Waals surface area (Å²) in [5, 5.41) is 42.3. The van der Waals surface area contributed by atoms with Crippen molar-refractivity contribution in [2.75, 3.05) is 6.61 Å². The molecule has 4 nitrogen and oxygen atoms in total. The summed E-state index contributed by atoms with van der Waals surface area (Å²) < 4.78 is 0. The molecule has 4 aliphatic rings. The van der Waals surface area contributed by atoms with Gasteiger partial charge in [0.1, 0.15) is 5.60 Å². The van der Waals surface area contributed by atoms with Crippen molar-refractivity contribution < 1.29 is 20.4 Å². The lowest BCUT2D eigenvalue weighted by Gasteiger charge is -2.59. The number of hydrogen-bond acceptors (Lipinski definition) is 4. The standard InChI is InChI=1S/C21H30O4/c1-3-21(25)9-6-16-18-15(5-8-20(16,21)12-22)19(2)7-4-14(23)10-13(19)11-17(18)24/h1,11,14-18,22-25H,4-10,12H2,2H3/t14-,15-,16-,17-,18+,19-,20+,21-/m0/s1. The molecule has 4 N–H and O–H groups in total. The fourth-order valence-corrected chi connectivity index (χ4v) is 7.01. The molecule has 0 aliphatic heterocycles. The molecule has 0 amide bonds. The lowest BCUT2D eigenvalue weighted by molar-refractivity contribution is -0.149. The molecule has 0 spiro atoms. The van der Waals surface area contributed by atoms with Crippen molar-refractivity contribution in [2.24, 2.45) is 28.6 Å². The largest absolute Gasteiger partial charge is 0.396 e. The van der Waals surface area contributed by atoms with Crippen molar-refractivity contribution in [1.82, 2.24) is 0 Å². The van der Waals surface area contributed by atoms with Crippen molar-refractivity contribution in [1.29, 1.82) is 0 Å². The predicted octanol–water partition coefficient (Wildman–Crippen LogP) is 1.62. The van der Waals surface area contributed by atoms with Crippen molar-refractivity contribution >= 4 is 0 Å². The van der Waals surface area contributed by atoms with E-state index in [-0.39, 0.29) is 30.0 Å². The summed E-state index contributed by atoms with van der Waals surface area (Å²) in [5.74, 6) is 2.95. The molecule has 4 rings (SSSR count). The Morgan fingerprint density at radius 1 is 1.16 bits per heavy atom. The molecule has 4 heteroatoms. The van der Waals surface area contributed by atoms with Gasteiger partial charge in [-0.1, -0.05) is 24.5 Å². The Kier molecular flexibility index (Phi) is 3.91. The van der Waals surface area contributed by atoms with Gasteiger partial charge in [0.15, 0.2) is 0 Å². The third-order valence-electron chi connectivity index (χ3n) is 8.47. The van der Waals surface area contributed by atoms with Gasteiger partial charge in [-0.2, -0.15) is 0 Å². The molecule has 0 aromatic rings. The van der Waals surface area contributed by atoms with Crippen LogP contribution in [0.5, 0.6) is 0 Å². The molecule has 25 heavy (non-hydrogen) atoms. The van der Waals surface area contributed by atoms with Gasteiger partial charge in [-0.25, -0.2) is 0 Å². The zero-order chi connectivity index (χ0) is 18.0. The molecule has 3 saturated carbocycles. The number of aliphatic hydroxyl groups excluding tert-OH is 3. The summed E-state index contributed by atoms with van der Waals surface area (Å²) >= 11 is 0. The molecular formula is C21H30O4. The first-order valence-electron chi connectivity index (χ1n) is 9.70. The first-order valence-corrected chi connectivity index (χ1v) is 9.70. The molecule has 0 aromatic carbocycles. The highest BCUT2D eigenvalue weighted by atomic mass is 16.3. The Bertz CT molecular complexity index is 636. The highest BCUT2D eigenvalue weighted by Crippen LogP contribution is 2.66. The van der Waals surface area contributed by atoms with Gasteiger partial charge in [-0.05, 0) is 68.1 Å². The van der Waals surface area contributed by atoms with Crippen LogP contribution in [0.3, 0.4) is 0 Å². The Balaban J connectivity index is 1.76. The van der Waals surface area contributed by atoms with Crippen LogP contribution in [0.4, 0.5) is 0 Å². The lowest BCUT2D eigenvalue weighted by atomic mass is 9.46. The molecule has 8 atom stereocenters. The highest BCUT2D eigenvalue weighted by molar-refractivity contribution is 5.31. The van der Waals surface area contributed by atoms with E-state index in [1.165, 1.54) is 5.57 Å². The van der Waals surface area contributed by atoms with Gasteiger partial charge in [0.05, 0.1) is 18.8 Å². The first-order chi connectivity index (χ1) is 11.8. The summed E-state index contributed by atoms with van der Waals surface area (Å²) in [7, 11) is 0. The molecular weight excluding hydrogens is 316 g/mol. The van der Waals surface area contributed by atoms with Gasteiger partial charge in [0.2, 0.25) is 0 Å². The quantitative estimate of drug-likeness (QED) is 0.430. The van der Waals surface area contributed by atoms with Crippen LogP contribution in [-0.2, 0) is 0 Å². The van der Waals surface area contributed by atoms with E-state index >= 15 is 0 Å². The summed E-state index contributed by atoms with van der Waals surface area (Å²) in [5.41, 5.74) is -0.770. The van der Waals surface area contributed by atoms with Crippen molar-refractivity contribution in [3.63, 3.8) is 0 Å². The number of fused-ring (bicyclic) bond motifs is 5. The van der Waals surface area contributed by atoms with Gasteiger partial charge >= 0.3 is 0 Å². The summed E-state index contributed by atoms with van der Waals surface area (Å²) in [6.07, 6.45) is 11.9. The van der Waals surface area contributed by atoms with Gasteiger partial charge in [-0.3, -0.25) is 0 Å². The van der Waals surface area contributed by atoms with Crippen LogP contribution in [0.15, 0.2) is 11.6 Å². The average molecular weight is 346 g/mol. The van der Waals surface area contributed by atoms with Crippen LogP contribution in [-0.4, -0.2) is 44.8 Å². The van der Waals surface area contributed by atoms with Crippen LogP contribution in [0.25, 0.3) is 0 Å². The number of rotatable bonds is 1. The SMILES string of the molecule is C#C[C@]1(O)CC[C@H]2[C@@H]3[C@@H](O)C=C4C[C@@H](O)CC[C@]4(C)[C@H]3CC[C@@]21CO. The second-order valence-electron chi connectivity index (χ2n) is 9.18. The maximum absolute atomic E-state index is 11.0. The highest BCUT2D eigenvalue weighted by Gasteiger charge is 2.66. The fourth-order valence-electron chi connectivity index (χ4n) is 7.01. The molecule has 0 saturated heterocycles. The van der Waals surface area contributed by atoms with E-state index in [1.807, 2.05) is 6.08 Å². The van der Waals surface area contributed by atoms with E-state index in [0.29, 0.717) is 25.2 Å². The predicted molar refractivity (Wildman–Crippen MR) is 94.3 cm³/mol. The number of aliphatic hydroxyl groups is 4. The normalized spacial score (nSPS) is 54.7. The summed E-state index contributed by atoms with van der Waals surface area (Å²) in [6.45, 7) is 2.16. The van der Waals surface area contributed by atoms with Crippen molar-refractivity contribution in [3.8, 4) is 12.3 Å². The first kappa shape index (κ1) is 17.5. The van der Waals surface area contributed by atoms with E-state index in [2.05, 4.69) is 12.8 Å². The van der Waals surface area contributed by atoms with Crippen molar-refractivity contribution in [3.05, 3.63) is 11.6 Å². The van der Waals surface area contributed by atoms with E-state index < -0.39 is 17.1 Å². The van der Waals surface area contributed by atoms with E-state index in [1.54, 1.807) is 0 Å². The van der Waals surface area contributed by atoms with Crippen LogP contribution < -0.4 is 0 Å². The Hall–Kier alpha value is -0.860. The maximum Gasteiger partial charge on any atom is 0.133 e. The number of terminal acetylenes is 1. The minimum Gasteiger partial charge on any atom is -0.396 e. The Labute approximate surface area is 150 Å². The third-order valence-corrected chi connectivity index (χ3v) is 8.47. The van der Waals surface area contributed by atoms with Gasteiger partial charge in [0, 0.05) is 5.41 Å². The minimum atomic E-state index is -1.27. The van der Waals surface area contributed by atoms with E-state index in [0.717, 1.165) is 25.7 Å². The van der Waals surface area contributed by atoms with Crippen LogP contribution >= 0.6 is 0 Å². The second kappa shape index (κ2) is 5.57.